The van der Waals surface area contributed by atoms with E-state index in [1.54, 1.807) is 0 Å². The number of hydrogen-bond donors (Lipinski definition) is 0. The van der Waals surface area contributed by atoms with Gasteiger partial charge in [-0.25, -0.2) is 0 Å². The van der Waals surface area contributed by atoms with Gasteiger partial charge >= 0.3 is 0 Å². The quantitative estimate of drug-likeness (QED) is 0.245. The van der Waals surface area contributed by atoms with Crippen molar-refractivity contribution in [3.8, 4) is 0 Å². The highest BCUT2D eigenvalue weighted by atomic mass is 32.9. The van der Waals surface area contributed by atoms with E-state index in [1.165, 1.54) is 128 Å². The van der Waals surface area contributed by atoms with Gasteiger partial charge in [-0.2, -0.15) is 0 Å². The highest BCUT2D eigenvalue weighted by molar-refractivity contribution is 8.73. The monoisotopic (exact) mass is 628 g/mol. The molecule has 0 aromatic heterocycles. The van der Waals surface area contributed by atoms with Crippen LogP contribution < -0.4 is 0 Å². The van der Waals surface area contributed by atoms with Gasteiger partial charge in [0, 0.05) is 10.5 Å². The van der Waals surface area contributed by atoms with Gasteiger partial charge in [0.05, 0.1) is 9.49 Å². The highest BCUT2D eigenvalue weighted by Crippen LogP contribution is 2.81. The second-order valence-corrected chi connectivity index (χ2v) is 30.9. The minimum absolute atomic E-state index is 0.0459. The summed E-state index contributed by atoms with van der Waals surface area (Å²) < 4.78 is 0.0917. The van der Waals surface area contributed by atoms with Crippen LogP contribution in [0, 0.1) is 0 Å². The summed E-state index contributed by atoms with van der Waals surface area (Å²) in [6, 6.07) is 0. The molecule has 5 aliphatic carbocycles. The second-order valence-electron chi connectivity index (χ2n) is 13.6. The molecule has 0 aliphatic heterocycles. The van der Waals surface area contributed by atoms with E-state index in [-0.39, 0.29) is 9.49 Å². The van der Waals surface area contributed by atoms with Gasteiger partial charge in [-0.3, -0.25) is 0 Å². The molecule has 0 aromatic carbocycles. The molecule has 0 bridgehead atoms. The predicted octanol–water partition coefficient (Wildman–Crippen LogP) is 12.2. The van der Waals surface area contributed by atoms with Crippen molar-refractivity contribution in [3.63, 3.8) is 0 Å². The summed E-state index contributed by atoms with van der Waals surface area (Å²) in [6.45, 7) is 5.19. The van der Waals surface area contributed by atoms with Crippen LogP contribution >= 0.6 is 33.2 Å². The Morgan fingerprint density at radius 1 is 0.474 bits per heavy atom. The van der Waals surface area contributed by atoms with Crippen molar-refractivity contribution in [1.82, 2.24) is 0 Å². The van der Waals surface area contributed by atoms with Crippen molar-refractivity contribution in [1.29, 1.82) is 0 Å². The number of hydrogen-bond acceptors (Lipinski definition) is 4. The number of allylic oxidation sites excluding steroid dienone is 2. The van der Waals surface area contributed by atoms with Gasteiger partial charge < -0.3 is 0 Å². The predicted molar refractivity (Wildman–Crippen MR) is 186 cm³/mol. The van der Waals surface area contributed by atoms with Crippen LogP contribution in [0.5, 0.6) is 0 Å². The molecular weight excluding hydrogens is 575 g/mol. The third-order valence-corrected chi connectivity index (χ3v) is 32.1. The van der Waals surface area contributed by atoms with Crippen LogP contribution in [0.1, 0.15) is 142 Å². The van der Waals surface area contributed by atoms with E-state index in [9.17, 15) is 0 Å². The summed E-state index contributed by atoms with van der Waals surface area (Å²) in [5, 5.41) is -3.17. The van der Waals surface area contributed by atoms with Crippen molar-refractivity contribution in [2.45, 2.75) is 174 Å². The molecule has 38 heavy (non-hydrogen) atoms. The standard InChI is InChI=1S/C32H54P2S4/c1-31(37-33(35,27-17-7-3-8-18-27)28-19-9-4-10-20-28)25-15-16-26-32(31,2)38-34(36,29-21-11-5-12-22-29)30-23-13-6-14-24-30/h15-16,25-30H,3-14,17-24H2,1-2H3. The summed E-state index contributed by atoms with van der Waals surface area (Å²) in [7, 11) is 0. The lowest BCUT2D eigenvalue weighted by Gasteiger charge is -2.53. The van der Waals surface area contributed by atoms with Crippen molar-refractivity contribution >= 4 is 56.9 Å². The average molecular weight is 629 g/mol. The zero-order valence-electron chi connectivity index (χ0n) is 24.3. The Hall–Kier alpha value is 1.48. The van der Waals surface area contributed by atoms with Crippen molar-refractivity contribution in [2.75, 3.05) is 0 Å². The fraction of sp³-hybridized carbons (Fsp3) is 0.875. The van der Waals surface area contributed by atoms with E-state index < -0.39 is 10.5 Å². The molecule has 4 fully saturated rings. The van der Waals surface area contributed by atoms with Crippen LogP contribution in [-0.4, -0.2) is 32.1 Å². The SMILES string of the molecule is CC1(SP(=S)(C2CCCCC2)C2CCCCC2)C=CC=CC1(C)SP(=S)(C1CCCCC1)C1CCCCC1. The molecule has 6 heteroatoms. The fourth-order valence-electron chi connectivity index (χ4n) is 8.30. The Labute approximate surface area is 254 Å². The molecule has 0 aromatic rings. The molecule has 0 spiro atoms. The Bertz CT molecular complexity index is 815. The lowest BCUT2D eigenvalue weighted by Crippen LogP contribution is -2.44. The van der Waals surface area contributed by atoms with Gasteiger partial charge in [0.15, 0.2) is 0 Å². The van der Waals surface area contributed by atoms with Gasteiger partial charge in [0.1, 0.15) is 0 Å². The van der Waals surface area contributed by atoms with E-state index in [0.29, 0.717) is 0 Å². The first kappa shape index (κ1) is 30.9. The summed E-state index contributed by atoms with van der Waals surface area (Å²) >= 11 is 18.9. The third kappa shape index (κ3) is 6.52. The Kier molecular flexibility index (Phi) is 10.9. The van der Waals surface area contributed by atoms with Gasteiger partial charge in [-0.05, 0) is 87.9 Å². The zero-order chi connectivity index (χ0) is 26.7. The van der Waals surface area contributed by atoms with Crippen LogP contribution in [0.4, 0.5) is 0 Å². The van der Waals surface area contributed by atoms with Crippen LogP contribution in [0.25, 0.3) is 0 Å². The van der Waals surface area contributed by atoms with E-state index >= 15 is 0 Å². The molecule has 4 saturated carbocycles. The second kappa shape index (κ2) is 13.4. The van der Waals surface area contributed by atoms with Gasteiger partial charge in [0.25, 0.3) is 0 Å². The molecular formula is C32H54P2S4. The van der Waals surface area contributed by atoms with Crippen LogP contribution in [0.3, 0.4) is 0 Å². The van der Waals surface area contributed by atoms with Crippen molar-refractivity contribution in [2.24, 2.45) is 0 Å². The van der Waals surface area contributed by atoms with Gasteiger partial charge in [-0.1, -0.05) is 125 Å². The van der Waals surface area contributed by atoms with Crippen LogP contribution in [0.2, 0.25) is 0 Å². The lowest BCUT2D eigenvalue weighted by atomic mass is 9.90. The van der Waals surface area contributed by atoms with E-state index in [0.717, 1.165) is 22.6 Å². The summed E-state index contributed by atoms with van der Waals surface area (Å²) in [5.74, 6) is 0. The first-order valence-corrected chi connectivity index (χ1v) is 25.0. The molecule has 0 amide bonds. The van der Waals surface area contributed by atoms with Crippen molar-refractivity contribution < 1.29 is 0 Å². The van der Waals surface area contributed by atoms with E-state index in [1.807, 2.05) is 0 Å². The Balaban J connectivity index is 1.48. The summed E-state index contributed by atoms with van der Waals surface area (Å²) in [4.78, 5) is 0. The molecule has 0 N–H and O–H groups in total. The molecule has 216 valence electrons. The minimum Gasteiger partial charge on any atom is -0.111 e. The highest BCUT2D eigenvalue weighted by Gasteiger charge is 2.53. The first-order chi connectivity index (χ1) is 18.3. The van der Waals surface area contributed by atoms with Crippen LogP contribution in [0.15, 0.2) is 24.3 Å². The Morgan fingerprint density at radius 3 is 0.947 bits per heavy atom. The lowest BCUT2D eigenvalue weighted by molar-refractivity contribution is 0.487. The number of rotatable bonds is 8. The maximum Gasteiger partial charge on any atom is 0.0545 e. The molecule has 0 nitrogen and oxygen atoms in total. The maximum atomic E-state index is 7.08. The van der Waals surface area contributed by atoms with Gasteiger partial charge in [0.2, 0.25) is 0 Å². The fourth-order valence-corrected chi connectivity index (χ4v) is 31.7. The maximum absolute atomic E-state index is 7.08. The minimum atomic E-state index is -1.58. The van der Waals surface area contributed by atoms with E-state index in [4.69, 9.17) is 23.6 Å². The molecule has 0 heterocycles. The third-order valence-electron chi connectivity index (χ3n) is 10.9. The molecule has 5 rings (SSSR count). The van der Waals surface area contributed by atoms with Gasteiger partial charge in [-0.15, -0.1) is 22.8 Å². The topological polar surface area (TPSA) is 0 Å². The normalized spacial score (nSPS) is 33.5. The average Bonchev–Trinajstić information content (AvgIpc) is 2.96. The largest absolute Gasteiger partial charge is 0.111 e. The first-order valence-electron chi connectivity index (χ1n) is 16.3. The summed E-state index contributed by atoms with van der Waals surface area (Å²) in [6.07, 6.45) is 38.2. The zero-order valence-corrected chi connectivity index (χ0v) is 29.3. The molecule has 2 unspecified atom stereocenters. The summed E-state index contributed by atoms with van der Waals surface area (Å²) in [5.41, 5.74) is 3.24. The molecule has 5 aliphatic rings. The molecule has 2 atom stereocenters. The van der Waals surface area contributed by atoms with Crippen molar-refractivity contribution in [3.05, 3.63) is 24.3 Å². The van der Waals surface area contributed by atoms with E-state index in [2.05, 4.69) is 60.9 Å². The molecule has 0 saturated heterocycles. The Morgan fingerprint density at radius 2 is 0.711 bits per heavy atom. The molecule has 0 radical (unpaired) electrons. The van der Waals surface area contributed by atoms with Crippen LogP contribution in [-0.2, 0) is 23.6 Å². The smallest absolute Gasteiger partial charge is 0.0545 e.